The van der Waals surface area contributed by atoms with Gasteiger partial charge in [0.1, 0.15) is 0 Å². The highest BCUT2D eigenvalue weighted by molar-refractivity contribution is 7.89. The molecule has 2 fully saturated rings. The molecular weight excluding hydrogens is 428 g/mol. The maximum Gasteiger partial charge on any atom is 0.240 e. The molecule has 1 unspecified atom stereocenters. The average Bonchev–Trinajstić information content (AvgIpc) is 2.73. The summed E-state index contributed by atoms with van der Waals surface area (Å²) in [4.78, 5) is 30.2. The zero-order valence-electron chi connectivity index (χ0n) is 17.4. The first-order valence-corrected chi connectivity index (χ1v) is 12.1. The predicted molar refractivity (Wildman–Crippen MR) is 115 cm³/mol. The van der Waals surface area contributed by atoms with Crippen molar-refractivity contribution in [3.63, 3.8) is 0 Å². The first kappa shape index (κ1) is 23.0. The van der Waals surface area contributed by atoms with Gasteiger partial charge in [-0.15, -0.1) is 0 Å². The second-order valence-corrected chi connectivity index (χ2v) is 10.0. The Labute approximate surface area is 183 Å². The number of piperazine rings is 1. The molecule has 2 heterocycles. The molecule has 2 saturated heterocycles. The van der Waals surface area contributed by atoms with E-state index in [0.717, 1.165) is 0 Å². The Bertz CT molecular complexity index is 861. The summed E-state index contributed by atoms with van der Waals surface area (Å²) >= 11 is 5.83. The van der Waals surface area contributed by atoms with E-state index >= 15 is 0 Å². The molecule has 166 valence electrons. The molecule has 10 heteroatoms. The number of carbonyl (C=O) groups excluding carboxylic acids is 2. The van der Waals surface area contributed by atoms with Crippen LogP contribution in [0.1, 0.15) is 26.7 Å². The van der Waals surface area contributed by atoms with Crippen LogP contribution in [0.25, 0.3) is 0 Å². The van der Waals surface area contributed by atoms with Crippen LogP contribution in [-0.2, 0) is 19.6 Å². The molecule has 3 rings (SSSR count). The van der Waals surface area contributed by atoms with Gasteiger partial charge in [-0.1, -0.05) is 11.6 Å². The first-order chi connectivity index (χ1) is 14.2. The molecule has 1 N–H and O–H groups in total. The molecule has 0 aromatic heterocycles. The first-order valence-electron chi connectivity index (χ1n) is 10.2. The van der Waals surface area contributed by atoms with Crippen molar-refractivity contribution >= 4 is 33.4 Å². The summed E-state index contributed by atoms with van der Waals surface area (Å²) in [6.07, 6.45) is 1.28. The van der Waals surface area contributed by atoms with Gasteiger partial charge < -0.3 is 9.80 Å². The van der Waals surface area contributed by atoms with E-state index in [-0.39, 0.29) is 28.8 Å². The summed E-state index contributed by atoms with van der Waals surface area (Å²) < 4.78 is 27.9. The maximum atomic E-state index is 12.9. The standard InChI is InChI=1S/C20H29ClN4O4S/c1-15(20(27)25-13-11-24(12-14-25)16(2)26)23-9-7-18(8-10-23)22-30(28,29)19-5-3-17(21)4-6-19/h3-6,15,18,22H,7-14H2,1-2H3. The summed E-state index contributed by atoms with van der Waals surface area (Å²) in [5, 5.41) is 0.489. The quantitative estimate of drug-likeness (QED) is 0.718. The van der Waals surface area contributed by atoms with E-state index in [9.17, 15) is 18.0 Å². The third kappa shape index (κ3) is 5.51. The van der Waals surface area contributed by atoms with Crippen LogP contribution in [-0.4, -0.2) is 86.3 Å². The van der Waals surface area contributed by atoms with E-state index in [1.807, 2.05) is 11.8 Å². The molecule has 1 aromatic rings. The minimum absolute atomic E-state index is 0.0401. The Morgan fingerprint density at radius 3 is 2.07 bits per heavy atom. The Morgan fingerprint density at radius 1 is 1.00 bits per heavy atom. The number of likely N-dealkylation sites (tertiary alicyclic amines) is 1. The van der Waals surface area contributed by atoms with Crippen LogP contribution in [0.2, 0.25) is 5.02 Å². The van der Waals surface area contributed by atoms with Crippen molar-refractivity contribution < 1.29 is 18.0 Å². The van der Waals surface area contributed by atoms with Gasteiger partial charge in [0, 0.05) is 57.3 Å². The molecule has 2 aliphatic rings. The van der Waals surface area contributed by atoms with Crippen molar-refractivity contribution in [1.82, 2.24) is 19.4 Å². The van der Waals surface area contributed by atoms with Gasteiger partial charge in [-0.25, -0.2) is 13.1 Å². The van der Waals surface area contributed by atoms with E-state index in [0.29, 0.717) is 57.1 Å². The number of hydrogen-bond acceptors (Lipinski definition) is 5. The van der Waals surface area contributed by atoms with Crippen LogP contribution in [0.5, 0.6) is 0 Å². The van der Waals surface area contributed by atoms with Gasteiger partial charge in [-0.2, -0.15) is 0 Å². The van der Waals surface area contributed by atoms with Gasteiger partial charge in [0.2, 0.25) is 21.8 Å². The minimum atomic E-state index is -3.59. The summed E-state index contributed by atoms with van der Waals surface area (Å²) in [6, 6.07) is 5.68. The fraction of sp³-hybridized carbons (Fsp3) is 0.600. The van der Waals surface area contributed by atoms with E-state index in [2.05, 4.69) is 9.62 Å². The predicted octanol–water partition coefficient (Wildman–Crippen LogP) is 1.16. The molecule has 1 aromatic carbocycles. The largest absolute Gasteiger partial charge is 0.339 e. The van der Waals surface area contributed by atoms with E-state index in [1.165, 1.54) is 12.1 Å². The Balaban J connectivity index is 1.49. The summed E-state index contributed by atoms with van der Waals surface area (Å²) in [5.74, 6) is 0.108. The minimum Gasteiger partial charge on any atom is -0.339 e. The molecule has 30 heavy (non-hydrogen) atoms. The van der Waals surface area contributed by atoms with Crippen molar-refractivity contribution in [1.29, 1.82) is 0 Å². The van der Waals surface area contributed by atoms with Crippen molar-refractivity contribution in [2.24, 2.45) is 0 Å². The van der Waals surface area contributed by atoms with Gasteiger partial charge in [0.25, 0.3) is 0 Å². The lowest BCUT2D eigenvalue weighted by molar-refractivity contribution is -0.142. The summed E-state index contributed by atoms with van der Waals surface area (Å²) in [6.45, 7) is 7.00. The number of nitrogens with one attached hydrogen (secondary N) is 1. The topological polar surface area (TPSA) is 90.0 Å². The molecule has 8 nitrogen and oxygen atoms in total. The van der Waals surface area contributed by atoms with Crippen LogP contribution in [0, 0.1) is 0 Å². The second kappa shape index (κ2) is 9.64. The second-order valence-electron chi connectivity index (χ2n) is 7.89. The molecule has 0 radical (unpaired) electrons. The van der Waals surface area contributed by atoms with Crippen molar-refractivity contribution in [2.75, 3.05) is 39.3 Å². The number of rotatable bonds is 5. The lowest BCUT2D eigenvalue weighted by atomic mass is 10.0. The van der Waals surface area contributed by atoms with Gasteiger partial charge in [-0.05, 0) is 44.0 Å². The molecular formula is C20H29ClN4O4S. The van der Waals surface area contributed by atoms with Crippen LogP contribution in [0.3, 0.4) is 0 Å². The average molecular weight is 457 g/mol. The molecule has 2 aliphatic heterocycles. The zero-order chi connectivity index (χ0) is 21.9. The highest BCUT2D eigenvalue weighted by Gasteiger charge is 2.32. The maximum absolute atomic E-state index is 12.9. The fourth-order valence-corrected chi connectivity index (χ4v) is 5.40. The smallest absolute Gasteiger partial charge is 0.240 e. The molecule has 1 atom stereocenters. The number of nitrogens with zero attached hydrogens (tertiary/aromatic N) is 3. The lowest BCUT2D eigenvalue weighted by Crippen LogP contribution is -2.56. The summed E-state index contributed by atoms with van der Waals surface area (Å²) in [7, 11) is -3.59. The third-order valence-corrected chi connectivity index (χ3v) is 7.71. The summed E-state index contributed by atoms with van der Waals surface area (Å²) in [5.41, 5.74) is 0. The monoisotopic (exact) mass is 456 g/mol. The molecule has 0 aliphatic carbocycles. The van der Waals surface area contributed by atoms with Crippen molar-refractivity contribution in [2.45, 2.75) is 43.7 Å². The van der Waals surface area contributed by atoms with Crippen molar-refractivity contribution in [3.8, 4) is 0 Å². The van der Waals surface area contributed by atoms with E-state index in [4.69, 9.17) is 11.6 Å². The Kier molecular flexibility index (Phi) is 7.38. The lowest BCUT2D eigenvalue weighted by Gasteiger charge is -2.40. The van der Waals surface area contributed by atoms with Crippen molar-refractivity contribution in [3.05, 3.63) is 29.3 Å². The van der Waals surface area contributed by atoms with Crippen LogP contribution in [0.4, 0.5) is 0 Å². The van der Waals surface area contributed by atoms with Gasteiger partial charge in [0.05, 0.1) is 10.9 Å². The molecule has 2 amide bonds. The van der Waals surface area contributed by atoms with Gasteiger partial charge in [0.15, 0.2) is 0 Å². The number of piperidine rings is 1. The number of carbonyl (C=O) groups is 2. The zero-order valence-corrected chi connectivity index (χ0v) is 19.0. The number of benzene rings is 1. The fourth-order valence-electron chi connectivity index (χ4n) is 3.97. The Morgan fingerprint density at radius 2 is 1.53 bits per heavy atom. The number of hydrogen-bond donors (Lipinski definition) is 1. The van der Waals surface area contributed by atoms with E-state index < -0.39 is 10.0 Å². The number of sulfonamides is 1. The SMILES string of the molecule is CC(=O)N1CCN(C(=O)C(C)N2CCC(NS(=O)(=O)c3ccc(Cl)cc3)CC2)CC1. The van der Waals surface area contributed by atoms with Gasteiger partial charge in [-0.3, -0.25) is 14.5 Å². The third-order valence-electron chi connectivity index (χ3n) is 5.92. The number of halogens is 1. The van der Waals surface area contributed by atoms with Crippen LogP contribution >= 0.6 is 11.6 Å². The molecule has 0 bridgehead atoms. The normalized spacial score (nSPS) is 20.2. The van der Waals surface area contributed by atoms with Gasteiger partial charge >= 0.3 is 0 Å². The Hall–Kier alpha value is -1.68. The van der Waals surface area contributed by atoms with Crippen LogP contribution < -0.4 is 4.72 Å². The van der Waals surface area contributed by atoms with Crippen LogP contribution in [0.15, 0.2) is 29.2 Å². The molecule has 0 saturated carbocycles. The highest BCUT2D eigenvalue weighted by atomic mass is 35.5. The van der Waals surface area contributed by atoms with E-state index in [1.54, 1.807) is 24.0 Å². The molecule has 0 spiro atoms. The highest BCUT2D eigenvalue weighted by Crippen LogP contribution is 2.19. The number of amides is 2.